The van der Waals surface area contributed by atoms with Crippen LogP contribution in [0.2, 0.25) is 0 Å². The van der Waals surface area contributed by atoms with E-state index in [0.29, 0.717) is 12.4 Å². The molecule has 0 spiro atoms. The molecular formula is C11H23N3O. The van der Waals surface area contributed by atoms with Gasteiger partial charge < -0.3 is 4.90 Å². The van der Waals surface area contributed by atoms with Crippen molar-refractivity contribution in [1.82, 2.24) is 9.80 Å². The molecule has 0 aliphatic heterocycles. The standard InChI is InChI=1S/C11H23N3O/c1-11(2,3)8-9(15)14(7)10(12-4)13(5)6/h8H2,1-7H3/b12-10-. The Bertz CT molecular complexity index is 251. The van der Waals surface area contributed by atoms with Crippen molar-refractivity contribution in [2.45, 2.75) is 27.2 Å². The van der Waals surface area contributed by atoms with Gasteiger partial charge in [-0.05, 0) is 5.41 Å². The van der Waals surface area contributed by atoms with Gasteiger partial charge in [-0.2, -0.15) is 0 Å². The van der Waals surface area contributed by atoms with E-state index in [4.69, 9.17) is 0 Å². The van der Waals surface area contributed by atoms with Gasteiger partial charge in [-0.25, -0.2) is 0 Å². The molecule has 0 heterocycles. The molecule has 0 radical (unpaired) electrons. The average molecular weight is 213 g/mol. The quantitative estimate of drug-likeness (QED) is 0.488. The number of carbonyl (C=O) groups is 1. The number of rotatable bonds is 1. The van der Waals surface area contributed by atoms with Crippen LogP contribution in [0.25, 0.3) is 0 Å². The van der Waals surface area contributed by atoms with Crippen molar-refractivity contribution < 1.29 is 4.79 Å². The van der Waals surface area contributed by atoms with Crippen molar-refractivity contribution >= 4 is 11.9 Å². The van der Waals surface area contributed by atoms with E-state index in [1.807, 2.05) is 19.0 Å². The lowest BCUT2D eigenvalue weighted by Crippen LogP contribution is -2.42. The maximum absolute atomic E-state index is 11.9. The Morgan fingerprint density at radius 1 is 1.20 bits per heavy atom. The van der Waals surface area contributed by atoms with Crippen LogP contribution in [0.4, 0.5) is 0 Å². The van der Waals surface area contributed by atoms with Gasteiger partial charge in [0.05, 0.1) is 0 Å². The Kier molecular flexibility index (Phi) is 4.78. The number of guanidine groups is 1. The Balaban J connectivity index is 4.58. The minimum absolute atomic E-state index is 0.0104. The van der Waals surface area contributed by atoms with Crippen LogP contribution in [0.3, 0.4) is 0 Å². The summed E-state index contributed by atoms with van der Waals surface area (Å²) in [6, 6.07) is 0. The predicted molar refractivity (Wildman–Crippen MR) is 63.9 cm³/mol. The second-order valence-electron chi connectivity index (χ2n) is 5.11. The van der Waals surface area contributed by atoms with Crippen LogP contribution in [0.15, 0.2) is 4.99 Å². The summed E-state index contributed by atoms with van der Waals surface area (Å²) in [5, 5.41) is 0. The topological polar surface area (TPSA) is 35.9 Å². The highest BCUT2D eigenvalue weighted by atomic mass is 16.2. The fourth-order valence-electron chi connectivity index (χ4n) is 1.33. The van der Waals surface area contributed by atoms with Crippen molar-refractivity contribution in [3.8, 4) is 0 Å². The fraction of sp³-hybridized carbons (Fsp3) is 0.818. The number of hydrogen-bond donors (Lipinski definition) is 0. The summed E-state index contributed by atoms with van der Waals surface area (Å²) in [4.78, 5) is 19.4. The summed E-state index contributed by atoms with van der Waals surface area (Å²) >= 11 is 0. The number of hydrogen-bond acceptors (Lipinski definition) is 2. The molecule has 0 saturated heterocycles. The smallest absolute Gasteiger partial charge is 0.229 e. The van der Waals surface area contributed by atoms with E-state index in [2.05, 4.69) is 25.8 Å². The molecule has 0 bridgehead atoms. The first-order chi connectivity index (χ1) is 6.69. The molecule has 0 aliphatic rings. The highest BCUT2D eigenvalue weighted by molar-refractivity contribution is 5.96. The van der Waals surface area contributed by atoms with Crippen LogP contribution in [0.1, 0.15) is 27.2 Å². The van der Waals surface area contributed by atoms with E-state index in [1.54, 1.807) is 19.0 Å². The largest absolute Gasteiger partial charge is 0.349 e. The van der Waals surface area contributed by atoms with Gasteiger partial charge in [0.25, 0.3) is 0 Å². The van der Waals surface area contributed by atoms with Crippen LogP contribution in [-0.2, 0) is 4.79 Å². The Hall–Kier alpha value is -1.06. The van der Waals surface area contributed by atoms with E-state index in [9.17, 15) is 4.79 Å². The fourth-order valence-corrected chi connectivity index (χ4v) is 1.33. The normalized spacial score (nSPS) is 12.6. The third kappa shape index (κ3) is 4.81. The lowest BCUT2D eigenvalue weighted by molar-refractivity contribution is -0.128. The van der Waals surface area contributed by atoms with E-state index in [1.165, 1.54) is 0 Å². The highest BCUT2D eigenvalue weighted by Crippen LogP contribution is 2.19. The maximum Gasteiger partial charge on any atom is 0.229 e. The second-order valence-corrected chi connectivity index (χ2v) is 5.11. The summed E-state index contributed by atoms with van der Waals surface area (Å²) in [6.07, 6.45) is 0.524. The van der Waals surface area contributed by atoms with Crippen molar-refractivity contribution in [2.75, 3.05) is 28.2 Å². The van der Waals surface area contributed by atoms with Gasteiger partial charge in [0, 0.05) is 34.6 Å². The van der Waals surface area contributed by atoms with Gasteiger partial charge in [-0.15, -0.1) is 0 Å². The summed E-state index contributed by atoms with van der Waals surface area (Å²) in [7, 11) is 7.21. The SMILES string of the molecule is C/N=C(/N(C)C)N(C)C(=O)CC(C)(C)C. The molecule has 0 saturated carbocycles. The zero-order valence-corrected chi connectivity index (χ0v) is 11.0. The first-order valence-electron chi connectivity index (χ1n) is 5.09. The van der Waals surface area contributed by atoms with Gasteiger partial charge in [0.2, 0.25) is 11.9 Å². The van der Waals surface area contributed by atoms with E-state index in [0.717, 1.165) is 0 Å². The van der Waals surface area contributed by atoms with Gasteiger partial charge >= 0.3 is 0 Å². The molecule has 15 heavy (non-hydrogen) atoms. The lowest BCUT2D eigenvalue weighted by Gasteiger charge is -2.27. The molecule has 4 heteroatoms. The van der Waals surface area contributed by atoms with Crippen LogP contribution < -0.4 is 0 Å². The minimum atomic E-state index is 0.0104. The molecule has 88 valence electrons. The van der Waals surface area contributed by atoms with Gasteiger partial charge in [-0.1, -0.05) is 20.8 Å². The molecule has 0 aromatic rings. The van der Waals surface area contributed by atoms with Crippen molar-refractivity contribution in [3.63, 3.8) is 0 Å². The number of amides is 1. The van der Waals surface area contributed by atoms with Crippen LogP contribution in [-0.4, -0.2) is 49.9 Å². The molecule has 0 aliphatic carbocycles. The molecule has 0 aromatic heterocycles. The average Bonchev–Trinajstić information content (AvgIpc) is 2.01. The van der Waals surface area contributed by atoms with E-state index in [-0.39, 0.29) is 11.3 Å². The predicted octanol–water partition coefficient (Wildman–Crippen LogP) is 1.43. The van der Waals surface area contributed by atoms with Crippen molar-refractivity contribution in [2.24, 2.45) is 10.4 Å². The molecule has 0 unspecified atom stereocenters. The minimum Gasteiger partial charge on any atom is -0.349 e. The molecule has 0 atom stereocenters. The Morgan fingerprint density at radius 3 is 1.93 bits per heavy atom. The third-order valence-corrected chi connectivity index (χ3v) is 1.96. The Labute approximate surface area is 93.0 Å². The van der Waals surface area contributed by atoms with E-state index >= 15 is 0 Å². The highest BCUT2D eigenvalue weighted by Gasteiger charge is 2.22. The molecule has 4 nitrogen and oxygen atoms in total. The van der Waals surface area contributed by atoms with Crippen molar-refractivity contribution in [3.05, 3.63) is 0 Å². The third-order valence-electron chi connectivity index (χ3n) is 1.96. The Morgan fingerprint density at radius 2 is 1.67 bits per heavy atom. The number of nitrogens with zero attached hydrogens (tertiary/aromatic N) is 3. The van der Waals surface area contributed by atoms with Gasteiger partial charge in [0.15, 0.2) is 0 Å². The zero-order chi connectivity index (χ0) is 12.2. The molecular weight excluding hydrogens is 190 g/mol. The zero-order valence-electron chi connectivity index (χ0n) is 11.0. The second kappa shape index (κ2) is 5.14. The molecule has 1 amide bonds. The number of carbonyl (C=O) groups excluding carboxylic acids is 1. The van der Waals surface area contributed by atoms with Gasteiger partial charge in [-0.3, -0.25) is 14.7 Å². The summed E-state index contributed by atoms with van der Waals surface area (Å²) in [5.74, 6) is 0.779. The first kappa shape index (κ1) is 13.9. The van der Waals surface area contributed by atoms with Crippen LogP contribution >= 0.6 is 0 Å². The van der Waals surface area contributed by atoms with Crippen LogP contribution in [0, 0.1) is 5.41 Å². The molecule has 0 rings (SSSR count). The summed E-state index contributed by atoms with van der Waals surface area (Å²) < 4.78 is 0. The molecule has 0 aromatic carbocycles. The molecule has 0 N–H and O–H groups in total. The summed E-state index contributed by atoms with van der Waals surface area (Å²) in [6.45, 7) is 6.16. The summed E-state index contributed by atoms with van der Waals surface area (Å²) in [5.41, 5.74) is 0.0104. The van der Waals surface area contributed by atoms with Crippen LogP contribution in [0.5, 0.6) is 0 Å². The number of aliphatic imine (C=N–C) groups is 1. The first-order valence-corrected chi connectivity index (χ1v) is 5.09. The lowest BCUT2D eigenvalue weighted by atomic mass is 9.92. The monoisotopic (exact) mass is 213 g/mol. The molecule has 0 fully saturated rings. The van der Waals surface area contributed by atoms with E-state index < -0.39 is 0 Å². The van der Waals surface area contributed by atoms with Gasteiger partial charge in [0.1, 0.15) is 0 Å². The maximum atomic E-state index is 11.9. The van der Waals surface area contributed by atoms with Crippen molar-refractivity contribution in [1.29, 1.82) is 0 Å².